The molecule has 1 aliphatic heterocycles. The summed E-state index contributed by atoms with van der Waals surface area (Å²) in [7, 11) is 0. The first kappa shape index (κ1) is 18.0. The van der Waals surface area contributed by atoms with E-state index in [9.17, 15) is 5.11 Å². The van der Waals surface area contributed by atoms with Gasteiger partial charge >= 0.3 is 0 Å². The third-order valence-electron chi connectivity index (χ3n) is 5.09. The molecule has 1 aromatic rings. The Labute approximate surface area is 150 Å². The van der Waals surface area contributed by atoms with Crippen molar-refractivity contribution in [3.63, 3.8) is 0 Å². The number of aliphatic hydroxyl groups excluding tert-OH is 1. The molecule has 2 fully saturated rings. The minimum absolute atomic E-state index is 0.369. The van der Waals surface area contributed by atoms with E-state index in [0.29, 0.717) is 19.3 Å². The number of piperazine rings is 1. The highest BCUT2D eigenvalue weighted by Gasteiger charge is 2.21. The van der Waals surface area contributed by atoms with Crippen LogP contribution < -0.4 is 4.90 Å². The Hall–Kier alpha value is -0.810. The number of halogens is 1. The number of benzene rings is 1. The molecule has 0 bridgehead atoms. The van der Waals surface area contributed by atoms with Crippen LogP contribution in [0, 0.1) is 0 Å². The van der Waals surface area contributed by atoms with Crippen LogP contribution in [0.5, 0.6) is 0 Å². The highest BCUT2D eigenvalue weighted by Crippen LogP contribution is 2.22. The van der Waals surface area contributed by atoms with E-state index in [2.05, 4.69) is 15.9 Å². The number of β-amino-alcohol motifs (C(OH)–C–C–N with tert-alkyl or cyclic N) is 1. The van der Waals surface area contributed by atoms with Gasteiger partial charge in [0.1, 0.15) is 0 Å². The van der Waals surface area contributed by atoms with E-state index in [1.54, 1.807) is 0 Å². The Kier molecular flexibility index (Phi) is 6.78. The lowest BCUT2D eigenvalue weighted by molar-refractivity contribution is -0.0336. The van der Waals surface area contributed by atoms with Crippen LogP contribution in [0.3, 0.4) is 0 Å². The van der Waals surface area contributed by atoms with Gasteiger partial charge in [-0.1, -0.05) is 36.9 Å². The summed E-state index contributed by atoms with van der Waals surface area (Å²) in [4.78, 5) is 4.68. The second kappa shape index (κ2) is 9.04. The second-order valence-electron chi connectivity index (χ2n) is 7.01. The summed E-state index contributed by atoms with van der Waals surface area (Å²) < 4.78 is 5.89. The molecule has 1 N–H and O–H groups in total. The van der Waals surface area contributed by atoms with Crippen LogP contribution in [0.25, 0.3) is 0 Å². The highest BCUT2D eigenvalue weighted by molar-refractivity contribution is 6.30. The molecule has 0 unspecified atom stereocenters. The van der Waals surface area contributed by atoms with Gasteiger partial charge in [-0.15, -0.1) is 0 Å². The van der Waals surface area contributed by atoms with Crippen molar-refractivity contribution >= 4 is 17.3 Å². The molecule has 0 radical (unpaired) electrons. The van der Waals surface area contributed by atoms with Gasteiger partial charge < -0.3 is 14.7 Å². The second-order valence-corrected chi connectivity index (χ2v) is 7.45. The largest absolute Gasteiger partial charge is 0.389 e. The molecule has 0 spiro atoms. The fraction of sp³-hybridized carbons (Fsp3) is 0.684. The molecule has 1 saturated carbocycles. The Balaban J connectivity index is 1.37. The van der Waals surface area contributed by atoms with Crippen LogP contribution in [0.15, 0.2) is 24.3 Å². The third kappa shape index (κ3) is 5.35. The maximum absolute atomic E-state index is 10.3. The molecule has 1 heterocycles. The van der Waals surface area contributed by atoms with E-state index in [-0.39, 0.29) is 6.10 Å². The lowest BCUT2D eigenvalue weighted by Gasteiger charge is -2.37. The molecule has 1 aromatic carbocycles. The van der Waals surface area contributed by atoms with Crippen molar-refractivity contribution in [2.45, 2.75) is 44.3 Å². The predicted molar refractivity (Wildman–Crippen MR) is 98.9 cm³/mol. The van der Waals surface area contributed by atoms with Crippen LogP contribution in [0.2, 0.25) is 5.02 Å². The van der Waals surface area contributed by atoms with Crippen LogP contribution in [-0.4, -0.2) is 61.5 Å². The number of aliphatic hydroxyl groups is 1. The molecule has 0 aromatic heterocycles. The highest BCUT2D eigenvalue weighted by atomic mass is 35.5. The van der Waals surface area contributed by atoms with Gasteiger partial charge in [-0.2, -0.15) is 0 Å². The van der Waals surface area contributed by atoms with Crippen molar-refractivity contribution in [2.24, 2.45) is 0 Å². The number of nitrogens with zero attached hydrogens (tertiary/aromatic N) is 2. The summed E-state index contributed by atoms with van der Waals surface area (Å²) in [5, 5.41) is 11.0. The van der Waals surface area contributed by atoms with Crippen LogP contribution in [0.1, 0.15) is 32.1 Å². The summed E-state index contributed by atoms with van der Waals surface area (Å²) in [5.74, 6) is 0. The summed E-state index contributed by atoms with van der Waals surface area (Å²) >= 11 is 6.08. The molecule has 134 valence electrons. The first-order valence-electron chi connectivity index (χ1n) is 9.23. The molecule has 1 aliphatic carbocycles. The molecule has 24 heavy (non-hydrogen) atoms. The monoisotopic (exact) mass is 352 g/mol. The quantitative estimate of drug-likeness (QED) is 0.853. The van der Waals surface area contributed by atoms with Gasteiger partial charge in [0.25, 0.3) is 0 Å². The molecule has 5 heteroatoms. The molecular formula is C19H29ClN2O2. The van der Waals surface area contributed by atoms with Gasteiger partial charge in [-0.3, -0.25) is 4.90 Å². The maximum Gasteiger partial charge on any atom is 0.0900 e. The smallest absolute Gasteiger partial charge is 0.0900 e. The zero-order valence-electron chi connectivity index (χ0n) is 14.4. The zero-order chi connectivity index (χ0) is 16.8. The predicted octanol–water partition coefficient (Wildman–Crippen LogP) is 3.17. The summed E-state index contributed by atoms with van der Waals surface area (Å²) in [6.07, 6.45) is 6.17. The molecule has 4 nitrogen and oxygen atoms in total. The standard InChI is InChI=1S/C19H29ClN2O2/c20-16-5-4-6-17(13-16)22-11-9-21(10-12-22)14-18(23)15-24-19-7-2-1-3-8-19/h4-6,13,18-19,23H,1-3,7-12,14-15H2/t18-/m1/s1. The maximum atomic E-state index is 10.3. The number of rotatable bonds is 6. The van der Waals surface area contributed by atoms with Crippen molar-refractivity contribution in [1.82, 2.24) is 4.90 Å². The van der Waals surface area contributed by atoms with Gasteiger partial charge in [0.05, 0.1) is 18.8 Å². The van der Waals surface area contributed by atoms with E-state index >= 15 is 0 Å². The molecule has 1 saturated heterocycles. The van der Waals surface area contributed by atoms with E-state index in [1.807, 2.05) is 18.2 Å². The summed E-state index contributed by atoms with van der Waals surface area (Å²) in [6, 6.07) is 8.03. The molecule has 0 amide bonds. The van der Waals surface area contributed by atoms with Crippen LogP contribution in [-0.2, 0) is 4.74 Å². The first-order valence-corrected chi connectivity index (χ1v) is 9.61. The third-order valence-corrected chi connectivity index (χ3v) is 5.33. The van der Waals surface area contributed by atoms with E-state index < -0.39 is 0 Å². The summed E-state index contributed by atoms with van der Waals surface area (Å²) in [6.45, 7) is 5.04. The number of ether oxygens (including phenoxy) is 1. The van der Waals surface area contributed by atoms with Gasteiger partial charge in [0.15, 0.2) is 0 Å². The minimum Gasteiger partial charge on any atom is -0.389 e. The van der Waals surface area contributed by atoms with Crippen molar-refractivity contribution in [3.8, 4) is 0 Å². The van der Waals surface area contributed by atoms with Crippen molar-refractivity contribution in [1.29, 1.82) is 0 Å². The fourth-order valence-corrected chi connectivity index (χ4v) is 3.88. The Morgan fingerprint density at radius 3 is 2.58 bits per heavy atom. The van der Waals surface area contributed by atoms with Gasteiger partial charge in [0, 0.05) is 43.4 Å². The summed E-state index contributed by atoms with van der Waals surface area (Å²) in [5.41, 5.74) is 1.18. The Morgan fingerprint density at radius 2 is 1.88 bits per heavy atom. The van der Waals surface area contributed by atoms with Gasteiger partial charge in [-0.25, -0.2) is 0 Å². The van der Waals surface area contributed by atoms with E-state index in [4.69, 9.17) is 16.3 Å². The average Bonchev–Trinajstić information content (AvgIpc) is 2.61. The van der Waals surface area contributed by atoms with Crippen molar-refractivity contribution in [3.05, 3.63) is 29.3 Å². The number of hydrogen-bond acceptors (Lipinski definition) is 4. The first-order chi connectivity index (χ1) is 11.7. The Morgan fingerprint density at radius 1 is 1.12 bits per heavy atom. The lowest BCUT2D eigenvalue weighted by Crippen LogP contribution is -2.49. The van der Waals surface area contributed by atoms with Gasteiger partial charge in [0.2, 0.25) is 0 Å². The van der Waals surface area contributed by atoms with Crippen LogP contribution in [0.4, 0.5) is 5.69 Å². The molecule has 1 atom stereocenters. The fourth-order valence-electron chi connectivity index (χ4n) is 3.69. The lowest BCUT2D eigenvalue weighted by atomic mass is 9.98. The van der Waals surface area contributed by atoms with Crippen LogP contribution >= 0.6 is 11.6 Å². The normalized spacial score (nSPS) is 21.8. The van der Waals surface area contributed by atoms with Gasteiger partial charge in [-0.05, 0) is 31.0 Å². The molecule has 2 aliphatic rings. The van der Waals surface area contributed by atoms with E-state index in [0.717, 1.165) is 44.0 Å². The molecular weight excluding hydrogens is 324 g/mol. The number of hydrogen-bond donors (Lipinski definition) is 1. The number of anilines is 1. The Bertz CT molecular complexity index is 500. The van der Waals surface area contributed by atoms with Crippen molar-refractivity contribution < 1.29 is 9.84 Å². The SMILES string of the molecule is O[C@@H](COC1CCCCC1)CN1CCN(c2cccc(Cl)c2)CC1. The zero-order valence-corrected chi connectivity index (χ0v) is 15.1. The minimum atomic E-state index is -0.385. The molecule has 3 rings (SSSR count). The van der Waals surface area contributed by atoms with Crippen molar-refractivity contribution in [2.75, 3.05) is 44.2 Å². The topological polar surface area (TPSA) is 35.9 Å². The average molecular weight is 353 g/mol. The van der Waals surface area contributed by atoms with E-state index in [1.165, 1.54) is 24.9 Å².